The van der Waals surface area contributed by atoms with Crippen LogP contribution in [0.4, 0.5) is 5.69 Å². The molecule has 1 fully saturated rings. The largest absolute Gasteiger partial charge is 0.422 e. The summed E-state index contributed by atoms with van der Waals surface area (Å²) in [6.07, 6.45) is 1.57. The van der Waals surface area contributed by atoms with E-state index < -0.39 is 0 Å². The van der Waals surface area contributed by atoms with E-state index >= 15 is 0 Å². The molecule has 0 bridgehead atoms. The van der Waals surface area contributed by atoms with Gasteiger partial charge in [0.2, 0.25) is 0 Å². The number of rotatable bonds is 7. The van der Waals surface area contributed by atoms with Gasteiger partial charge in [-0.25, -0.2) is 4.79 Å². The number of ether oxygens (including phenoxy) is 1. The van der Waals surface area contributed by atoms with Crippen LogP contribution in [0.2, 0.25) is 0 Å². The topological polar surface area (TPSA) is 54.7 Å². The molecule has 1 aromatic heterocycles. The molecule has 0 atom stereocenters. The van der Waals surface area contributed by atoms with Gasteiger partial charge in [-0.15, -0.1) is 0 Å². The molecule has 28 heavy (non-hydrogen) atoms. The van der Waals surface area contributed by atoms with Crippen molar-refractivity contribution in [1.82, 2.24) is 4.90 Å². The van der Waals surface area contributed by atoms with Gasteiger partial charge in [0.15, 0.2) is 0 Å². The third kappa shape index (κ3) is 4.43. The summed E-state index contributed by atoms with van der Waals surface area (Å²) in [5.41, 5.74) is 3.05. The van der Waals surface area contributed by atoms with Crippen molar-refractivity contribution >= 4 is 16.7 Å². The van der Waals surface area contributed by atoms with E-state index in [0.29, 0.717) is 17.6 Å². The van der Waals surface area contributed by atoms with Gasteiger partial charge in [-0.1, -0.05) is 42.5 Å². The molecule has 0 amide bonds. The molecule has 5 nitrogen and oxygen atoms in total. The maximum atomic E-state index is 12.7. The Morgan fingerprint density at radius 1 is 0.964 bits per heavy atom. The molecule has 1 aliphatic heterocycles. The van der Waals surface area contributed by atoms with Crippen molar-refractivity contribution in [3.8, 4) is 0 Å². The lowest BCUT2D eigenvalue weighted by molar-refractivity contribution is 0.0378. The lowest BCUT2D eigenvalue weighted by Gasteiger charge is -2.26. The second-order valence-corrected chi connectivity index (χ2v) is 7.14. The molecule has 0 unspecified atom stereocenters. The number of para-hydroxylation sites is 1. The van der Waals surface area contributed by atoms with E-state index in [1.54, 1.807) is 0 Å². The average molecular weight is 378 g/mol. The molecule has 146 valence electrons. The summed E-state index contributed by atoms with van der Waals surface area (Å²) in [4.78, 5) is 15.1. The highest BCUT2D eigenvalue weighted by Gasteiger charge is 2.15. The Morgan fingerprint density at radius 3 is 2.54 bits per heavy atom. The maximum Gasteiger partial charge on any atom is 0.341 e. The molecular weight excluding hydrogens is 352 g/mol. The van der Waals surface area contributed by atoms with E-state index in [2.05, 4.69) is 10.2 Å². The molecule has 3 aromatic rings. The second kappa shape index (κ2) is 9.04. The molecule has 1 aliphatic rings. The van der Waals surface area contributed by atoms with Gasteiger partial charge in [0, 0.05) is 31.4 Å². The number of morpholine rings is 1. The fraction of sp³-hybridized carbons (Fsp3) is 0.348. The Bertz CT molecular complexity index is 962. The van der Waals surface area contributed by atoms with E-state index in [0.717, 1.165) is 62.5 Å². The van der Waals surface area contributed by atoms with Crippen LogP contribution in [0.5, 0.6) is 0 Å². The van der Waals surface area contributed by atoms with Gasteiger partial charge in [0.1, 0.15) is 5.58 Å². The fourth-order valence-electron chi connectivity index (χ4n) is 3.69. The van der Waals surface area contributed by atoms with Crippen molar-refractivity contribution in [3.05, 3.63) is 76.1 Å². The molecule has 0 spiro atoms. The van der Waals surface area contributed by atoms with Gasteiger partial charge in [0.05, 0.1) is 24.5 Å². The van der Waals surface area contributed by atoms with Gasteiger partial charge < -0.3 is 14.5 Å². The number of fused-ring (bicyclic) bond motifs is 1. The summed E-state index contributed by atoms with van der Waals surface area (Å²) < 4.78 is 11.0. The minimum atomic E-state index is -0.266. The second-order valence-electron chi connectivity index (χ2n) is 7.14. The van der Waals surface area contributed by atoms with E-state index in [9.17, 15) is 4.79 Å². The monoisotopic (exact) mass is 378 g/mol. The van der Waals surface area contributed by atoms with E-state index in [1.165, 1.54) is 0 Å². The standard InChI is InChI=1S/C23H26N2O3/c26-23-20(17-18-7-2-1-3-8-18)22(19-9-4-5-10-21(19)28-23)24-11-6-12-25-13-15-27-16-14-25/h1-5,7-10,24H,6,11-17H2. The van der Waals surface area contributed by atoms with Crippen LogP contribution in [0, 0.1) is 0 Å². The average Bonchev–Trinajstić information content (AvgIpc) is 2.74. The minimum absolute atomic E-state index is 0.266. The first-order valence-corrected chi connectivity index (χ1v) is 9.94. The Morgan fingerprint density at radius 2 is 1.71 bits per heavy atom. The number of anilines is 1. The van der Waals surface area contributed by atoms with Crippen LogP contribution < -0.4 is 10.9 Å². The van der Waals surface area contributed by atoms with E-state index in [-0.39, 0.29) is 5.63 Å². The van der Waals surface area contributed by atoms with Gasteiger partial charge in [-0.3, -0.25) is 4.90 Å². The van der Waals surface area contributed by atoms with Gasteiger partial charge in [-0.2, -0.15) is 0 Å². The number of nitrogens with zero attached hydrogens (tertiary/aromatic N) is 1. The minimum Gasteiger partial charge on any atom is -0.422 e. The molecule has 2 aromatic carbocycles. The number of nitrogens with one attached hydrogen (secondary N) is 1. The molecule has 0 saturated carbocycles. The molecule has 0 radical (unpaired) electrons. The predicted octanol–water partition coefficient (Wildman–Crippen LogP) is 3.52. The molecule has 2 heterocycles. The molecule has 1 N–H and O–H groups in total. The lowest BCUT2D eigenvalue weighted by Crippen LogP contribution is -2.37. The van der Waals surface area contributed by atoms with Crippen molar-refractivity contribution < 1.29 is 9.15 Å². The summed E-state index contributed by atoms with van der Waals surface area (Å²) in [6.45, 7) is 5.47. The van der Waals surface area contributed by atoms with Crippen LogP contribution in [0.1, 0.15) is 17.5 Å². The predicted molar refractivity (Wildman–Crippen MR) is 112 cm³/mol. The van der Waals surface area contributed by atoms with Gasteiger partial charge in [-0.05, 0) is 30.7 Å². The molecule has 4 rings (SSSR count). The highest BCUT2D eigenvalue weighted by atomic mass is 16.5. The SMILES string of the molecule is O=c1oc2ccccc2c(NCCCN2CCOCC2)c1Cc1ccccc1. The molecular formula is C23H26N2O3. The highest BCUT2D eigenvalue weighted by molar-refractivity contribution is 5.91. The molecule has 0 aliphatic carbocycles. The molecule has 1 saturated heterocycles. The normalized spacial score (nSPS) is 15.0. The zero-order chi connectivity index (χ0) is 19.2. The third-order valence-corrected chi connectivity index (χ3v) is 5.19. The van der Waals surface area contributed by atoms with Crippen molar-refractivity contribution in [2.45, 2.75) is 12.8 Å². The fourth-order valence-corrected chi connectivity index (χ4v) is 3.69. The van der Waals surface area contributed by atoms with Crippen molar-refractivity contribution in [1.29, 1.82) is 0 Å². The maximum absolute atomic E-state index is 12.7. The summed E-state index contributed by atoms with van der Waals surface area (Å²) >= 11 is 0. The Hall–Kier alpha value is -2.63. The van der Waals surface area contributed by atoms with Crippen LogP contribution in [-0.4, -0.2) is 44.3 Å². The van der Waals surface area contributed by atoms with Crippen LogP contribution in [0.3, 0.4) is 0 Å². The first kappa shape index (κ1) is 18.7. The van der Waals surface area contributed by atoms with Gasteiger partial charge >= 0.3 is 5.63 Å². The number of hydrogen-bond donors (Lipinski definition) is 1. The Balaban J connectivity index is 1.55. The summed E-state index contributed by atoms with van der Waals surface area (Å²) in [5.74, 6) is 0. The van der Waals surface area contributed by atoms with Gasteiger partial charge in [0.25, 0.3) is 0 Å². The third-order valence-electron chi connectivity index (χ3n) is 5.19. The Kier molecular flexibility index (Phi) is 6.04. The van der Waals surface area contributed by atoms with Crippen LogP contribution in [-0.2, 0) is 11.2 Å². The quantitative estimate of drug-likeness (QED) is 0.504. The van der Waals surface area contributed by atoms with Crippen molar-refractivity contribution in [2.24, 2.45) is 0 Å². The zero-order valence-corrected chi connectivity index (χ0v) is 16.0. The summed E-state index contributed by atoms with van der Waals surface area (Å²) in [6, 6.07) is 17.8. The van der Waals surface area contributed by atoms with E-state index in [4.69, 9.17) is 9.15 Å². The Labute approximate surface area is 164 Å². The van der Waals surface area contributed by atoms with Crippen LogP contribution in [0.25, 0.3) is 11.0 Å². The molecule has 5 heteroatoms. The lowest BCUT2D eigenvalue weighted by atomic mass is 10.0. The van der Waals surface area contributed by atoms with E-state index in [1.807, 2.05) is 54.6 Å². The van der Waals surface area contributed by atoms with Crippen LogP contribution >= 0.6 is 0 Å². The smallest absolute Gasteiger partial charge is 0.341 e. The van der Waals surface area contributed by atoms with Crippen molar-refractivity contribution in [3.63, 3.8) is 0 Å². The highest BCUT2D eigenvalue weighted by Crippen LogP contribution is 2.26. The number of benzene rings is 2. The number of hydrogen-bond acceptors (Lipinski definition) is 5. The summed E-state index contributed by atoms with van der Waals surface area (Å²) in [7, 11) is 0. The first-order chi connectivity index (χ1) is 13.8. The zero-order valence-electron chi connectivity index (χ0n) is 16.0. The summed E-state index contributed by atoms with van der Waals surface area (Å²) in [5, 5.41) is 4.50. The van der Waals surface area contributed by atoms with Crippen LogP contribution in [0.15, 0.2) is 63.8 Å². The van der Waals surface area contributed by atoms with Crippen molar-refractivity contribution in [2.75, 3.05) is 44.7 Å². The first-order valence-electron chi connectivity index (χ1n) is 9.94.